The first-order valence-corrected chi connectivity index (χ1v) is 10.8. The molecule has 0 aliphatic carbocycles. The van der Waals surface area contributed by atoms with E-state index in [1.165, 1.54) is 16.7 Å². The van der Waals surface area contributed by atoms with E-state index in [4.69, 9.17) is 16.3 Å². The zero-order valence-electron chi connectivity index (χ0n) is 16.7. The number of nitrogens with zero attached hydrogens (tertiary/aromatic N) is 2. The molecular formula is C22H25ClN2O3S. The summed E-state index contributed by atoms with van der Waals surface area (Å²) in [6.45, 7) is 8.41. The van der Waals surface area contributed by atoms with Crippen LogP contribution < -0.4 is 4.74 Å². The Labute approximate surface area is 180 Å². The highest BCUT2D eigenvalue weighted by Gasteiger charge is 2.33. The fourth-order valence-electron chi connectivity index (χ4n) is 3.47. The van der Waals surface area contributed by atoms with E-state index in [2.05, 4.69) is 18.0 Å². The number of hydrogen-bond acceptors (Lipinski definition) is 4. The molecule has 0 saturated carbocycles. The number of ether oxygens (including phenoxy) is 1. The maximum Gasteiger partial charge on any atom is 0.242 e. The number of aryl methyl sites for hydroxylation is 1. The average molecular weight is 433 g/mol. The lowest BCUT2D eigenvalue weighted by Crippen LogP contribution is -2.47. The van der Waals surface area contributed by atoms with E-state index in [1.54, 1.807) is 17.4 Å². The number of halogens is 1. The molecule has 1 aromatic heterocycles. The van der Waals surface area contributed by atoms with Crippen molar-refractivity contribution in [1.82, 2.24) is 9.80 Å². The molecule has 0 N–H and O–H groups in total. The van der Waals surface area contributed by atoms with Gasteiger partial charge in [0, 0.05) is 29.9 Å². The van der Waals surface area contributed by atoms with Crippen molar-refractivity contribution in [3.8, 4) is 5.75 Å². The SMILES string of the molecule is C=CCN(CC(=O)N1CCc2sccc2C1COc1ccc(Cl)c(C)c1)C(C)=O. The Hall–Kier alpha value is -2.31. The molecule has 0 fully saturated rings. The Morgan fingerprint density at radius 3 is 2.90 bits per heavy atom. The van der Waals surface area contributed by atoms with Crippen LogP contribution in [0.4, 0.5) is 0 Å². The standard InChI is InChI=1S/C22H25ClN2O3S/c1-4-9-24(16(3)26)13-22(27)25-10-7-21-18(8-11-29-21)20(25)14-28-17-5-6-19(23)15(2)12-17/h4-6,8,11-12,20H,1,7,9-10,13-14H2,2-3H3. The highest BCUT2D eigenvalue weighted by atomic mass is 35.5. The number of thiophene rings is 1. The van der Waals surface area contributed by atoms with Gasteiger partial charge in [-0.15, -0.1) is 17.9 Å². The number of hydrogen-bond donors (Lipinski definition) is 0. The van der Waals surface area contributed by atoms with Crippen molar-refractivity contribution < 1.29 is 14.3 Å². The minimum Gasteiger partial charge on any atom is -0.491 e. The highest BCUT2D eigenvalue weighted by Crippen LogP contribution is 2.34. The van der Waals surface area contributed by atoms with Crippen molar-refractivity contribution in [2.24, 2.45) is 0 Å². The minimum atomic E-state index is -0.189. The molecule has 154 valence electrons. The largest absolute Gasteiger partial charge is 0.491 e. The van der Waals surface area contributed by atoms with Gasteiger partial charge in [0.15, 0.2) is 0 Å². The second kappa shape index (κ2) is 9.46. The Balaban J connectivity index is 1.78. The molecular weight excluding hydrogens is 408 g/mol. The van der Waals surface area contributed by atoms with Crippen LogP contribution in [0.25, 0.3) is 0 Å². The summed E-state index contributed by atoms with van der Waals surface area (Å²) in [5.41, 5.74) is 2.07. The van der Waals surface area contributed by atoms with E-state index < -0.39 is 0 Å². The van der Waals surface area contributed by atoms with Crippen molar-refractivity contribution in [1.29, 1.82) is 0 Å². The van der Waals surface area contributed by atoms with Crippen LogP contribution >= 0.6 is 22.9 Å². The van der Waals surface area contributed by atoms with Crippen molar-refractivity contribution in [3.63, 3.8) is 0 Å². The highest BCUT2D eigenvalue weighted by molar-refractivity contribution is 7.10. The van der Waals surface area contributed by atoms with Gasteiger partial charge < -0.3 is 14.5 Å². The summed E-state index contributed by atoms with van der Waals surface area (Å²) in [5.74, 6) is 0.495. The molecule has 3 rings (SSSR count). The van der Waals surface area contributed by atoms with E-state index in [0.717, 1.165) is 23.3 Å². The van der Waals surface area contributed by atoms with Gasteiger partial charge in [0.25, 0.3) is 0 Å². The zero-order valence-corrected chi connectivity index (χ0v) is 18.3. The number of carbonyl (C=O) groups is 2. The van der Waals surface area contributed by atoms with E-state index in [0.29, 0.717) is 24.7 Å². The van der Waals surface area contributed by atoms with Crippen molar-refractivity contribution in [2.75, 3.05) is 26.2 Å². The smallest absolute Gasteiger partial charge is 0.242 e. The second-order valence-corrected chi connectivity index (χ2v) is 8.47. The predicted octanol–water partition coefficient (Wildman–Crippen LogP) is 4.25. The molecule has 0 spiro atoms. The topological polar surface area (TPSA) is 49.9 Å². The van der Waals surface area contributed by atoms with Crippen LogP contribution in [0.1, 0.15) is 29.0 Å². The van der Waals surface area contributed by atoms with Crippen molar-refractivity contribution in [3.05, 3.63) is 63.3 Å². The second-order valence-electron chi connectivity index (χ2n) is 7.06. The van der Waals surface area contributed by atoms with Crippen molar-refractivity contribution in [2.45, 2.75) is 26.3 Å². The maximum absolute atomic E-state index is 13.1. The lowest BCUT2D eigenvalue weighted by atomic mass is 10.0. The number of carbonyl (C=O) groups excluding carboxylic acids is 2. The number of rotatable bonds is 7. The maximum atomic E-state index is 13.1. The summed E-state index contributed by atoms with van der Waals surface area (Å²) in [7, 11) is 0. The third-order valence-corrected chi connectivity index (χ3v) is 6.49. The van der Waals surface area contributed by atoms with Crippen LogP contribution in [0.15, 0.2) is 42.3 Å². The summed E-state index contributed by atoms with van der Waals surface area (Å²) in [4.78, 5) is 29.5. The zero-order chi connectivity index (χ0) is 21.0. The molecule has 0 saturated heterocycles. The normalized spacial score (nSPS) is 15.6. The van der Waals surface area contributed by atoms with Gasteiger partial charge in [-0.3, -0.25) is 9.59 Å². The fourth-order valence-corrected chi connectivity index (χ4v) is 4.52. The molecule has 1 aromatic carbocycles. The molecule has 29 heavy (non-hydrogen) atoms. The summed E-state index contributed by atoms with van der Waals surface area (Å²) < 4.78 is 6.04. The van der Waals surface area contributed by atoms with E-state index >= 15 is 0 Å². The van der Waals surface area contributed by atoms with Crippen molar-refractivity contribution >= 4 is 34.8 Å². The van der Waals surface area contributed by atoms with Gasteiger partial charge in [0.05, 0.1) is 6.04 Å². The Kier molecular flexibility index (Phi) is 6.98. The lowest BCUT2D eigenvalue weighted by molar-refractivity contribution is -0.141. The molecule has 1 atom stereocenters. The third-order valence-electron chi connectivity index (χ3n) is 5.07. The molecule has 7 heteroatoms. The van der Waals surface area contributed by atoms with Crippen LogP contribution in [-0.2, 0) is 16.0 Å². The van der Waals surface area contributed by atoms with Gasteiger partial charge in [-0.25, -0.2) is 0 Å². The Bertz CT molecular complexity index is 911. The van der Waals surface area contributed by atoms with Crippen LogP contribution in [0.3, 0.4) is 0 Å². The Morgan fingerprint density at radius 1 is 1.41 bits per heavy atom. The quantitative estimate of drug-likeness (QED) is 0.614. The first-order valence-electron chi connectivity index (χ1n) is 9.51. The van der Waals surface area contributed by atoms with Crippen LogP contribution in [0, 0.1) is 6.92 Å². The molecule has 5 nitrogen and oxygen atoms in total. The molecule has 0 bridgehead atoms. The van der Waals surface area contributed by atoms with Gasteiger partial charge in [-0.1, -0.05) is 17.7 Å². The molecule has 2 heterocycles. The molecule has 2 aromatic rings. The molecule has 2 amide bonds. The molecule has 1 aliphatic rings. The summed E-state index contributed by atoms with van der Waals surface area (Å²) in [5, 5.41) is 2.75. The van der Waals surface area contributed by atoms with Gasteiger partial charge >= 0.3 is 0 Å². The van der Waals surface area contributed by atoms with E-state index in [9.17, 15) is 9.59 Å². The van der Waals surface area contributed by atoms with E-state index in [-0.39, 0.29) is 24.4 Å². The van der Waals surface area contributed by atoms with Crippen LogP contribution in [0.5, 0.6) is 5.75 Å². The minimum absolute atomic E-state index is 0.0391. The summed E-state index contributed by atoms with van der Waals surface area (Å²) >= 11 is 7.81. The number of amides is 2. The fraction of sp³-hybridized carbons (Fsp3) is 0.364. The van der Waals surface area contributed by atoms with Gasteiger partial charge in [-0.2, -0.15) is 0 Å². The van der Waals surface area contributed by atoms with Gasteiger partial charge in [-0.05, 0) is 54.1 Å². The summed E-state index contributed by atoms with van der Waals surface area (Å²) in [6.07, 6.45) is 2.45. The van der Waals surface area contributed by atoms with Gasteiger partial charge in [0.1, 0.15) is 18.9 Å². The third kappa shape index (κ3) is 5.00. The number of benzene rings is 1. The Morgan fingerprint density at radius 2 is 2.21 bits per heavy atom. The van der Waals surface area contributed by atoms with Gasteiger partial charge in [0.2, 0.25) is 11.8 Å². The first-order chi connectivity index (χ1) is 13.9. The number of fused-ring (bicyclic) bond motifs is 1. The average Bonchev–Trinajstić information content (AvgIpc) is 3.17. The lowest BCUT2D eigenvalue weighted by Gasteiger charge is -2.37. The first kappa shape index (κ1) is 21.4. The molecule has 1 aliphatic heterocycles. The monoisotopic (exact) mass is 432 g/mol. The van der Waals surface area contributed by atoms with Crippen LogP contribution in [-0.4, -0.2) is 47.9 Å². The summed E-state index contributed by atoms with van der Waals surface area (Å²) in [6, 6.07) is 7.42. The molecule has 0 radical (unpaired) electrons. The van der Waals surface area contributed by atoms with E-state index in [1.807, 2.05) is 30.0 Å². The van der Waals surface area contributed by atoms with Crippen LogP contribution in [0.2, 0.25) is 5.02 Å². The predicted molar refractivity (Wildman–Crippen MR) is 117 cm³/mol. The molecule has 1 unspecified atom stereocenters.